The molecule has 0 atom stereocenters. The van der Waals surface area contributed by atoms with Gasteiger partial charge in [-0.2, -0.15) is 0 Å². The largest absolute Gasteiger partial charge is 0.316 e. The van der Waals surface area contributed by atoms with Gasteiger partial charge in [-0.05, 0) is 23.9 Å². The molecule has 0 aromatic carbocycles. The lowest BCUT2D eigenvalue weighted by molar-refractivity contribution is 0.381. The maximum atomic E-state index is 6.02. The van der Waals surface area contributed by atoms with Crippen molar-refractivity contribution < 1.29 is 0 Å². The molecule has 1 aromatic rings. The minimum Gasteiger partial charge on any atom is -0.316 e. The number of hydrogen-bond acceptors (Lipinski definition) is 2. The zero-order valence-electron chi connectivity index (χ0n) is 9.98. The van der Waals surface area contributed by atoms with Crippen molar-refractivity contribution in [2.75, 3.05) is 13.1 Å². The number of halogens is 2. The topological polar surface area (TPSA) is 24.9 Å². The van der Waals surface area contributed by atoms with Crippen LogP contribution in [0.5, 0.6) is 0 Å². The van der Waals surface area contributed by atoms with Gasteiger partial charge >= 0.3 is 0 Å². The fourth-order valence-electron chi connectivity index (χ4n) is 1.35. The molecule has 2 nitrogen and oxygen atoms in total. The van der Waals surface area contributed by atoms with E-state index in [0.29, 0.717) is 15.5 Å². The van der Waals surface area contributed by atoms with Crippen LogP contribution in [0.25, 0.3) is 0 Å². The molecular weight excluding hydrogens is 243 g/mol. The molecule has 90 valence electrons. The van der Waals surface area contributed by atoms with E-state index < -0.39 is 0 Å². The summed E-state index contributed by atoms with van der Waals surface area (Å²) in [6.07, 6.45) is 4.09. The molecule has 1 heterocycles. The van der Waals surface area contributed by atoms with Crippen molar-refractivity contribution in [1.82, 2.24) is 10.3 Å². The first-order valence-corrected chi connectivity index (χ1v) is 6.14. The van der Waals surface area contributed by atoms with Crippen molar-refractivity contribution in [2.24, 2.45) is 5.41 Å². The first kappa shape index (κ1) is 13.8. The smallest absolute Gasteiger partial charge is 0.0636 e. The maximum absolute atomic E-state index is 6.02. The van der Waals surface area contributed by atoms with Crippen LogP contribution in [-0.4, -0.2) is 18.1 Å². The van der Waals surface area contributed by atoms with E-state index in [2.05, 4.69) is 31.1 Å². The predicted molar refractivity (Wildman–Crippen MR) is 70.3 cm³/mol. The Balaban J connectivity index is 2.43. The van der Waals surface area contributed by atoms with Gasteiger partial charge in [0.1, 0.15) is 0 Å². The van der Waals surface area contributed by atoms with E-state index in [0.717, 1.165) is 25.1 Å². The van der Waals surface area contributed by atoms with Crippen LogP contribution in [0.4, 0.5) is 0 Å². The number of rotatable bonds is 4. The van der Waals surface area contributed by atoms with Gasteiger partial charge < -0.3 is 5.32 Å². The summed E-state index contributed by atoms with van der Waals surface area (Å²) in [7, 11) is 0. The van der Waals surface area contributed by atoms with Crippen molar-refractivity contribution in [2.45, 2.75) is 27.2 Å². The number of pyridine rings is 1. The van der Waals surface area contributed by atoms with E-state index in [1.165, 1.54) is 0 Å². The molecule has 0 saturated heterocycles. The Hall–Kier alpha value is -0.310. The summed E-state index contributed by atoms with van der Waals surface area (Å²) in [6.45, 7) is 8.46. The highest BCUT2D eigenvalue weighted by atomic mass is 35.5. The van der Waals surface area contributed by atoms with Gasteiger partial charge in [0, 0.05) is 18.9 Å². The Bertz CT molecular complexity index is 325. The number of hydrogen-bond donors (Lipinski definition) is 1. The summed E-state index contributed by atoms with van der Waals surface area (Å²) in [4.78, 5) is 3.93. The highest BCUT2D eigenvalue weighted by Crippen LogP contribution is 2.22. The zero-order valence-corrected chi connectivity index (χ0v) is 11.5. The van der Waals surface area contributed by atoms with Crippen LogP contribution in [0, 0.1) is 5.41 Å². The lowest BCUT2D eigenvalue weighted by Crippen LogP contribution is -2.28. The van der Waals surface area contributed by atoms with E-state index in [1.807, 2.05) is 0 Å². The second kappa shape index (κ2) is 5.85. The quantitative estimate of drug-likeness (QED) is 0.838. The van der Waals surface area contributed by atoms with Crippen LogP contribution in [0.3, 0.4) is 0 Å². The fraction of sp³-hybridized carbons (Fsp3) is 0.583. The van der Waals surface area contributed by atoms with Crippen LogP contribution >= 0.6 is 23.2 Å². The highest BCUT2D eigenvalue weighted by Gasteiger charge is 2.10. The highest BCUT2D eigenvalue weighted by molar-refractivity contribution is 6.35. The first-order valence-electron chi connectivity index (χ1n) is 5.39. The second-order valence-corrected chi connectivity index (χ2v) is 5.88. The van der Waals surface area contributed by atoms with Gasteiger partial charge in [0.05, 0.1) is 10.0 Å². The number of aromatic nitrogens is 1. The minimum atomic E-state index is 0.297. The Kier molecular flexibility index (Phi) is 5.03. The molecule has 0 aliphatic carbocycles. The third kappa shape index (κ3) is 4.69. The Morgan fingerprint density at radius 2 is 1.75 bits per heavy atom. The van der Waals surface area contributed by atoms with Crippen molar-refractivity contribution >= 4 is 23.2 Å². The molecule has 0 radical (unpaired) electrons. The van der Waals surface area contributed by atoms with Crippen molar-refractivity contribution in [1.29, 1.82) is 0 Å². The van der Waals surface area contributed by atoms with Crippen molar-refractivity contribution in [3.8, 4) is 0 Å². The lowest BCUT2D eigenvalue weighted by atomic mass is 9.97. The van der Waals surface area contributed by atoms with E-state index in [1.54, 1.807) is 12.4 Å². The first-order chi connectivity index (χ1) is 7.40. The SMILES string of the molecule is CC(C)(C)CNCCc1c(Cl)cncc1Cl. The molecule has 0 fully saturated rings. The molecule has 1 rings (SSSR count). The summed E-state index contributed by atoms with van der Waals surface area (Å²) in [6, 6.07) is 0. The van der Waals surface area contributed by atoms with E-state index in [4.69, 9.17) is 23.2 Å². The maximum Gasteiger partial charge on any atom is 0.0636 e. The molecule has 0 saturated carbocycles. The third-order valence-electron chi connectivity index (χ3n) is 2.16. The van der Waals surface area contributed by atoms with Gasteiger partial charge in [-0.1, -0.05) is 44.0 Å². The van der Waals surface area contributed by atoms with E-state index >= 15 is 0 Å². The Labute approximate surface area is 107 Å². The summed E-state index contributed by atoms with van der Waals surface area (Å²) < 4.78 is 0. The molecule has 0 amide bonds. The summed E-state index contributed by atoms with van der Waals surface area (Å²) in [5, 5.41) is 4.68. The molecule has 0 spiro atoms. The average Bonchev–Trinajstić information content (AvgIpc) is 2.14. The molecule has 1 N–H and O–H groups in total. The minimum absolute atomic E-state index is 0.297. The average molecular weight is 261 g/mol. The van der Waals surface area contributed by atoms with Crippen molar-refractivity contribution in [3.63, 3.8) is 0 Å². The molecule has 0 bridgehead atoms. The molecular formula is C12H18Cl2N2. The molecule has 0 aliphatic rings. The van der Waals surface area contributed by atoms with Crippen LogP contribution in [0.2, 0.25) is 10.0 Å². The fourth-order valence-corrected chi connectivity index (χ4v) is 1.91. The van der Waals surface area contributed by atoms with Gasteiger partial charge in [0.2, 0.25) is 0 Å². The number of nitrogens with zero attached hydrogens (tertiary/aromatic N) is 1. The standard InChI is InChI=1S/C12H18Cl2N2/c1-12(2,3)8-15-5-4-9-10(13)6-16-7-11(9)14/h6-7,15H,4-5,8H2,1-3H3. The summed E-state index contributed by atoms with van der Waals surface area (Å²) in [5.41, 5.74) is 1.27. The monoisotopic (exact) mass is 260 g/mol. The van der Waals surface area contributed by atoms with Gasteiger partial charge in [0.25, 0.3) is 0 Å². The second-order valence-electron chi connectivity index (χ2n) is 5.07. The molecule has 16 heavy (non-hydrogen) atoms. The summed E-state index contributed by atoms with van der Waals surface area (Å²) in [5.74, 6) is 0. The lowest BCUT2D eigenvalue weighted by Gasteiger charge is -2.18. The van der Waals surface area contributed by atoms with Crippen LogP contribution in [-0.2, 0) is 6.42 Å². The Morgan fingerprint density at radius 1 is 1.19 bits per heavy atom. The van der Waals surface area contributed by atoms with Crippen LogP contribution in [0.15, 0.2) is 12.4 Å². The third-order valence-corrected chi connectivity index (χ3v) is 2.81. The predicted octanol–water partition coefficient (Wildman–Crippen LogP) is 3.57. The van der Waals surface area contributed by atoms with E-state index in [-0.39, 0.29) is 0 Å². The molecule has 0 unspecified atom stereocenters. The summed E-state index contributed by atoms with van der Waals surface area (Å²) >= 11 is 12.0. The van der Waals surface area contributed by atoms with Crippen LogP contribution < -0.4 is 5.32 Å². The van der Waals surface area contributed by atoms with E-state index in [9.17, 15) is 0 Å². The van der Waals surface area contributed by atoms with Gasteiger partial charge in [-0.25, -0.2) is 0 Å². The van der Waals surface area contributed by atoms with Gasteiger partial charge in [-0.15, -0.1) is 0 Å². The van der Waals surface area contributed by atoms with Crippen molar-refractivity contribution in [3.05, 3.63) is 28.0 Å². The zero-order chi connectivity index (χ0) is 12.2. The normalized spacial score (nSPS) is 11.8. The molecule has 1 aromatic heterocycles. The molecule has 0 aliphatic heterocycles. The Morgan fingerprint density at radius 3 is 2.25 bits per heavy atom. The molecule has 4 heteroatoms. The van der Waals surface area contributed by atoms with Gasteiger partial charge in [0.15, 0.2) is 0 Å². The van der Waals surface area contributed by atoms with Crippen LogP contribution in [0.1, 0.15) is 26.3 Å². The number of nitrogens with one attached hydrogen (secondary N) is 1. The van der Waals surface area contributed by atoms with Gasteiger partial charge in [-0.3, -0.25) is 4.98 Å².